The number of nitrogens with one attached hydrogen (secondary N) is 1. The van der Waals surface area contributed by atoms with Crippen LogP contribution in [0.25, 0.3) is 0 Å². The molecule has 0 aliphatic heterocycles. The molecule has 16 heavy (non-hydrogen) atoms. The Morgan fingerprint density at radius 3 is 2.50 bits per heavy atom. The Labute approximate surface area is 94.3 Å². The smallest absolute Gasteiger partial charge is 0.227 e. The van der Waals surface area contributed by atoms with E-state index in [1.807, 2.05) is 30.3 Å². The van der Waals surface area contributed by atoms with Crippen molar-refractivity contribution in [2.75, 3.05) is 13.2 Å². The minimum absolute atomic E-state index is 0.112. The number of carbonyl (C=O) groups is 2. The molecule has 4 heteroatoms. The summed E-state index contributed by atoms with van der Waals surface area (Å²) < 4.78 is 0. The summed E-state index contributed by atoms with van der Waals surface area (Å²) in [7, 11) is 0. The Morgan fingerprint density at radius 1 is 1.19 bits per heavy atom. The Bertz CT molecular complexity index is 349. The summed E-state index contributed by atoms with van der Waals surface area (Å²) >= 11 is 0. The first-order valence-corrected chi connectivity index (χ1v) is 5.15. The van der Waals surface area contributed by atoms with Crippen LogP contribution in [0.1, 0.15) is 12.0 Å². The van der Waals surface area contributed by atoms with E-state index in [2.05, 4.69) is 5.32 Å². The fraction of sp³-hybridized carbons (Fsp3) is 0.333. The van der Waals surface area contributed by atoms with E-state index in [0.717, 1.165) is 5.56 Å². The lowest BCUT2D eigenvalue weighted by Gasteiger charge is -2.02. The first-order valence-electron chi connectivity index (χ1n) is 5.15. The number of ketones is 1. The molecule has 1 amide bonds. The summed E-state index contributed by atoms with van der Waals surface area (Å²) in [5.74, 6) is -0.461. The molecule has 0 radical (unpaired) electrons. The van der Waals surface area contributed by atoms with E-state index in [4.69, 9.17) is 5.11 Å². The molecular weight excluding hydrogens is 206 g/mol. The van der Waals surface area contributed by atoms with E-state index in [-0.39, 0.29) is 37.7 Å². The van der Waals surface area contributed by atoms with Crippen molar-refractivity contribution in [2.45, 2.75) is 12.8 Å². The number of carbonyl (C=O) groups excluding carboxylic acids is 2. The first-order chi connectivity index (χ1) is 7.72. The van der Waals surface area contributed by atoms with E-state index < -0.39 is 0 Å². The van der Waals surface area contributed by atoms with Crippen LogP contribution >= 0.6 is 0 Å². The van der Waals surface area contributed by atoms with E-state index in [9.17, 15) is 9.59 Å². The number of Topliss-reactive ketones (excluding diaryl/α,β-unsaturated/α-hetero) is 1. The van der Waals surface area contributed by atoms with Crippen molar-refractivity contribution in [3.05, 3.63) is 35.9 Å². The molecule has 86 valence electrons. The molecule has 4 nitrogen and oxygen atoms in total. The Kier molecular flexibility index (Phi) is 5.22. The molecule has 0 unspecified atom stereocenters. The third-order valence-corrected chi connectivity index (χ3v) is 2.04. The van der Waals surface area contributed by atoms with Gasteiger partial charge in [-0.25, -0.2) is 0 Å². The molecule has 1 rings (SSSR count). The van der Waals surface area contributed by atoms with Crippen molar-refractivity contribution in [2.24, 2.45) is 0 Å². The predicted molar refractivity (Wildman–Crippen MR) is 59.9 cm³/mol. The molecular formula is C12H15NO3. The molecule has 0 aliphatic rings. The average molecular weight is 221 g/mol. The van der Waals surface area contributed by atoms with Crippen LogP contribution in [0, 0.1) is 0 Å². The van der Waals surface area contributed by atoms with Gasteiger partial charge in [0.2, 0.25) is 5.91 Å². The number of aliphatic hydroxyl groups is 1. The number of hydrogen-bond donors (Lipinski definition) is 2. The van der Waals surface area contributed by atoms with Gasteiger partial charge < -0.3 is 10.4 Å². The first kappa shape index (κ1) is 12.4. The van der Waals surface area contributed by atoms with Gasteiger partial charge in [0.15, 0.2) is 0 Å². The van der Waals surface area contributed by atoms with Crippen LogP contribution in [0.15, 0.2) is 30.3 Å². The third kappa shape index (κ3) is 4.70. The molecule has 1 aromatic rings. The van der Waals surface area contributed by atoms with Crippen LogP contribution in [0.4, 0.5) is 0 Å². The molecule has 1 aromatic carbocycles. The van der Waals surface area contributed by atoms with Gasteiger partial charge in [0.25, 0.3) is 0 Å². The highest BCUT2D eigenvalue weighted by Crippen LogP contribution is 2.01. The topological polar surface area (TPSA) is 66.4 Å². The highest BCUT2D eigenvalue weighted by molar-refractivity contribution is 5.98. The average Bonchev–Trinajstić information content (AvgIpc) is 2.27. The highest BCUT2D eigenvalue weighted by atomic mass is 16.3. The predicted octanol–water partition coefficient (Wildman–Crippen LogP) is 0.297. The van der Waals surface area contributed by atoms with Crippen LogP contribution in [-0.4, -0.2) is 29.9 Å². The minimum Gasteiger partial charge on any atom is -0.395 e. The van der Waals surface area contributed by atoms with Crippen LogP contribution in [0.3, 0.4) is 0 Å². The second kappa shape index (κ2) is 6.74. The van der Waals surface area contributed by atoms with Crippen molar-refractivity contribution in [3.63, 3.8) is 0 Å². The molecule has 0 heterocycles. The van der Waals surface area contributed by atoms with Crippen LogP contribution in [0.2, 0.25) is 0 Å². The van der Waals surface area contributed by atoms with Crippen molar-refractivity contribution in [3.8, 4) is 0 Å². The lowest BCUT2D eigenvalue weighted by atomic mass is 10.1. The zero-order valence-corrected chi connectivity index (χ0v) is 8.98. The Morgan fingerprint density at radius 2 is 1.88 bits per heavy atom. The van der Waals surface area contributed by atoms with Gasteiger partial charge in [-0.05, 0) is 5.56 Å². The Balaban J connectivity index is 2.34. The van der Waals surface area contributed by atoms with Gasteiger partial charge in [-0.1, -0.05) is 30.3 Å². The van der Waals surface area contributed by atoms with Gasteiger partial charge in [-0.2, -0.15) is 0 Å². The van der Waals surface area contributed by atoms with Crippen molar-refractivity contribution < 1.29 is 14.7 Å². The molecule has 0 spiro atoms. The lowest BCUT2D eigenvalue weighted by molar-refractivity contribution is -0.127. The second-order valence-corrected chi connectivity index (χ2v) is 3.45. The van der Waals surface area contributed by atoms with E-state index in [1.54, 1.807) is 0 Å². The maximum Gasteiger partial charge on any atom is 0.227 e. The minimum atomic E-state index is -0.338. The zero-order valence-electron chi connectivity index (χ0n) is 8.98. The molecule has 0 saturated heterocycles. The van der Waals surface area contributed by atoms with Gasteiger partial charge >= 0.3 is 0 Å². The van der Waals surface area contributed by atoms with Gasteiger partial charge in [-0.15, -0.1) is 0 Å². The summed E-state index contributed by atoms with van der Waals surface area (Å²) in [5, 5.41) is 10.9. The largest absolute Gasteiger partial charge is 0.395 e. The van der Waals surface area contributed by atoms with E-state index >= 15 is 0 Å². The highest BCUT2D eigenvalue weighted by Gasteiger charge is 2.09. The number of hydrogen-bond acceptors (Lipinski definition) is 3. The summed E-state index contributed by atoms with van der Waals surface area (Å²) in [6.07, 6.45) is 0.141. The van der Waals surface area contributed by atoms with Gasteiger partial charge in [-0.3, -0.25) is 9.59 Å². The molecule has 0 fully saturated rings. The summed E-state index contributed by atoms with van der Waals surface area (Å²) in [6, 6.07) is 9.29. The molecule has 0 bridgehead atoms. The fourth-order valence-electron chi connectivity index (χ4n) is 1.32. The monoisotopic (exact) mass is 221 g/mol. The summed E-state index contributed by atoms with van der Waals surface area (Å²) in [6.45, 7) is 0.0794. The van der Waals surface area contributed by atoms with Crippen LogP contribution < -0.4 is 5.32 Å². The quantitative estimate of drug-likeness (QED) is 0.679. The maximum absolute atomic E-state index is 11.5. The number of amides is 1. The SMILES string of the molecule is O=C(CC(=O)NCCO)Cc1ccccc1. The number of aliphatic hydroxyl groups excluding tert-OH is 1. The molecule has 0 aliphatic carbocycles. The maximum atomic E-state index is 11.5. The van der Waals surface area contributed by atoms with Gasteiger partial charge in [0.1, 0.15) is 5.78 Å². The molecule has 0 atom stereocenters. The normalized spacial score (nSPS) is 9.81. The third-order valence-electron chi connectivity index (χ3n) is 2.04. The van der Waals surface area contributed by atoms with Crippen LogP contribution in [0.5, 0.6) is 0 Å². The number of rotatable bonds is 6. The fourth-order valence-corrected chi connectivity index (χ4v) is 1.32. The second-order valence-electron chi connectivity index (χ2n) is 3.45. The van der Waals surface area contributed by atoms with Crippen molar-refractivity contribution >= 4 is 11.7 Å². The number of benzene rings is 1. The molecule has 2 N–H and O–H groups in total. The van der Waals surface area contributed by atoms with E-state index in [1.165, 1.54) is 0 Å². The molecule has 0 aromatic heterocycles. The van der Waals surface area contributed by atoms with Crippen molar-refractivity contribution in [1.82, 2.24) is 5.32 Å². The standard InChI is InChI=1S/C12H15NO3/c14-7-6-13-12(16)9-11(15)8-10-4-2-1-3-5-10/h1-5,14H,6-9H2,(H,13,16). The molecule has 0 saturated carbocycles. The van der Waals surface area contributed by atoms with Gasteiger partial charge in [0, 0.05) is 13.0 Å². The Hall–Kier alpha value is -1.68. The summed E-state index contributed by atoms with van der Waals surface area (Å²) in [4.78, 5) is 22.6. The van der Waals surface area contributed by atoms with Crippen molar-refractivity contribution in [1.29, 1.82) is 0 Å². The van der Waals surface area contributed by atoms with Gasteiger partial charge in [0.05, 0.1) is 13.0 Å². The zero-order chi connectivity index (χ0) is 11.8. The van der Waals surface area contributed by atoms with E-state index in [0.29, 0.717) is 0 Å². The van der Waals surface area contributed by atoms with Crippen LogP contribution in [-0.2, 0) is 16.0 Å². The summed E-state index contributed by atoms with van der Waals surface area (Å²) in [5.41, 5.74) is 0.905. The lowest BCUT2D eigenvalue weighted by Crippen LogP contribution is -2.28.